The van der Waals surface area contributed by atoms with Gasteiger partial charge in [0.25, 0.3) is 5.91 Å². The smallest absolute Gasteiger partial charge is 0.322 e. The van der Waals surface area contributed by atoms with Crippen molar-refractivity contribution in [2.24, 2.45) is 0 Å². The third kappa shape index (κ3) is 4.06. The second-order valence-electron chi connectivity index (χ2n) is 6.36. The topological polar surface area (TPSA) is 102 Å². The van der Waals surface area contributed by atoms with Crippen molar-refractivity contribution >= 4 is 21.8 Å². The SMILES string of the molecule is Cc1cccc(C(=O)Nc2nnc(-c3cccc(S(=O)(=O)C(C)C)c3)o2)c1. The molecule has 7 nitrogen and oxygen atoms in total. The lowest BCUT2D eigenvalue weighted by atomic mass is 10.1. The molecule has 1 aromatic heterocycles. The van der Waals surface area contributed by atoms with Crippen LogP contribution in [0.15, 0.2) is 57.8 Å². The van der Waals surface area contributed by atoms with Gasteiger partial charge in [-0.3, -0.25) is 10.1 Å². The molecule has 2 aromatic carbocycles. The molecule has 3 aromatic rings. The first-order valence-corrected chi connectivity index (χ1v) is 9.88. The number of hydrogen-bond acceptors (Lipinski definition) is 6. The van der Waals surface area contributed by atoms with Gasteiger partial charge in [0, 0.05) is 11.1 Å². The number of hydrogen-bond donors (Lipinski definition) is 1. The van der Waals surface area contributed by atoms with Crippen molar-refractivity contribution in [2.45, 2.75) is 30.9 Å². The summed E-state index contributed by atoms with van der Waals surface area (Å²) in [6.45, 7) is 5.13. The Morgan fingerprint density at radius 3 is 2.52 bits per heavy atom. The van der Waals surface area contributed by atoms with Crippen molar-refractivity contribution in [3.05, 3.63) is 59.7 Å². The van der Waals surface area contributed by atoms with E-state index in [1.165, 1.54) is 12.1 Å². The van der Waals surface area contributed by atoms with Crippen molar-refractivity contribution in [2.75, 3.05) is 5.32 Å². The van der Waals surface area contributed by atoms with Crippen LogP contribution in [0.5, 0.6) is 0 Å². The quantitative estimate of drug-likeness (QED) is 0.721. The first kappa shape index (κ1) is 18.8. The first-order chi connectivity index (χ1) is 12.8. The van der Waals surface area contributed by atoms with Crippen molar-refractivity contribution in [3.63, 3.8) is 0 Å². The fraction of sp³-hybridized carbons (Fsp3) is 0.211. The highest BCUT2D eigenvalue weighted by molar-refractivity contribution is 7.92. The summed E-state index contributed by atoms with van der Waals surface area (Å²) in [7, 11) is -3.42. The zero-order chi connectivity index (χ0) is 19.6. The average molecular weight is 385 g/mol. The molecule has 0 aliphatic heterocycles. The molecule has 0 saturated carbocycles. The van der Waals surface area contributed by atoms with Crippen LogP contribution in [0.25, 0.3) is 11.5 Å². The number of anilines is 1. The highest BCUT2D eigenvalue weighted by atomic mass is 32.2. The Bertz CT molecular complexity index is 1090. The number of sulfone groups is 1. The van der Waals surface area contributed by atoms with Gasteiger partial charge >= 0.3 is 6.01 Å². The Hall–Kier alpha value is -3.00. The zero-order valence-electron chi connectivity index (χ0n) is 15.1. The first-order valence-electron chi connectivity index (χ1n) is 8.33. The Kier molecular flexibility index (Phi) is 5.09. The van der Waals surface area contributed by atoms with E-state index < -0.39 is 15.1 Å². The van der Waals surface area contributed by atoms with Crippen molar-refractivity contribution < 1.29 is 17.6 Å². The number of rotatable bonds is 5. The van der Waals surface area contributed by atoms with Gasteiger partial charge in [0.2, 0.25) is 5.89 Å². The minimum atomic E-state index is -3.42. The van der Waals surface area contributed by atoms with E-state index in [0.717, 1.165) is 5.56 Å². The van der Waals surface area contributed by atoms with Crippen LogP contribution in [0.3, 0.4) is 0 Å². The van der Waals surface area contributed by atoms with Crippen LogP contribution in [-0.4, -0.2) is 29.8 Å². The monoisotopic (exact) mass is 385 g/mol. The fourth-order valence-electron chi connectivity index (χ4n) is 2.42. The van der Waals surface area contributed by atoms with E-state index >= 15 is 0 Å². The summed E-state index contributed by atoms with van der Waals surface area (Å²) >= 11 is 0. The second kappa shape index (κ2) is 7.32. The fourth-order valence-corrected chi connectivity index (χ4v) is 3.53. The van der Waals surface area contributed by atoms with Gasteiger partial charge in [-0.05, 0) is 51.1 Å². The second-order valence-corrected chi connectivity index (χ2v) is 8.86. The van der Waals surface area contributed by atoms with E-state index in [4.69, 9.17) is 4.42 Å². The number of carbonyl (C=O) groups excluding carboxylic acids is 1. The highest BCUT2D eigenvalue weighted by Gasteiger charge is 2.20. The molecule has 3 rings (SSSR count). The molecule has 0 aliphatic rings. The molecule has 0 radical (unpaired) electrons. The van der Waals surface area contributed by atoms with E-state index in [1.807, 2.05) is 13.0 Å². The molecule has 1 heterocycles. The molecule has 0 saturated heterocycles. The molecule has 140 valence electrons. The van der Waals surface area contributed by atoms with E-state index in [1.54, 1.807) is 44.2 Å². The average Bonchev–Trinajstić information content (AvgIpc) is 3.10. The normalized spacial score (nSPS) is 11.6. The number of nitrogens with one attached hydrogen (secondary N) is 1. The van der Waals surface area contributed by atoms with Crippen LogP contribution in [0.1, 0.15) is 29.8 Å². The van der Waals surface area contributed by atoms with Crippen LogP contribution in [0, 0.1) is 6.92 Å². The molecular formula is C19H19N3O4S. The predicted molar refractivity (Wildman–Crippen MR) is 101 cm³/mol. The third-order valence-corrected chi connectivity index (χ3v) is 6.11. The van der Waals surface area contributed by atoms with Gasteiger partial charge in [-0.25, -0.2) is 8.42 Å². The summed E-state index contributed by atoms with van der Waals surface area (Å²) in [4.78, 5) is 12.4. The highest BCUT2D eigenvalue weighted by Crippen LogP contribution is 2.25. The number of benzene rings is 2. The predicted octanol–water partition coefficient (Wildman–Crippen LogP) is 3.48. The lowest BCUT2D eigenvalue weighted by Gasteiger charge is -2.08. The van der Waals surface area contributed by atoms with Crippen molar-refractivity contribution in [1.82, 2.24) is 10.2 Å². The van der Waals surface area contributed by atoms with E-state index in [-0.39, 0.29) is 22.7 Å². The maximum atomic E-state index is 12.3. The molecule has 1 N–H and O–H groups in total. The number of nitrogens with zero attached hydrogens (tertiary/aromatic N) is 2. The molecule has 0 fully saturated rings. The van der Waals surface area contributed by atoms with Crippen LogP contribution in [0.4, 0.5) is 6.01 Å². The number of aromatic nitrogens is 2. The lowest BCUT2D eigenvalue weighted by Crippen LogP contribution is -2.13. The molecule has 0 unspecified atom stereocenters. The van der Waals surface area contributed by atoms with E-state index in [0.29, 0.717) is 11.1 Å². The van der Waals surface area contributed by atoms with Gasteiger partial charge in [0.1, 0.15) is 0 Å². The van der Waals surface area contributed by atoms with E-state index in [9.17, 15) is 13.2 Å². The van der Waals surface area contributed by atoms with Gasteiger partial charge in [0.15, 0.2) is 9.84 Å². The van der Waals surface area contributed by atoms with Crippen LogP contribution < -0.4 is 5.32 Å². The zero-order valence-corrected chi connectivity index (χ0v) is 15.9. The largest absolute Gasteiger partial charge is 0.403 e. The summed E-state index contributed by atoms with van der Waals surface area (Å²) in [6.07, 6.45) is 0. The number of aryl methyl sites for hydroxylation is 1. The van der Waals surface area contributed by atoms with Crippen LogP contribution >= 0.6 is 0 Å². The summed E-state index contributed by atoms with van der Waals surface area (Å²) < 4.78 is 30.1. The minimum Gasteiger partial charge on any atom is -0.403 e. The Morgan fingerprint density at radius 2 is 1.81 bits per heavy atom. The Morgan fingerprint density at radius 1 is 1.07 bits per heavy atom. The molecule has 0 bridgehead atoms. The minimum absolute atomic E-state index is 0.0615. The van der Waals surface area contributed by atoms with E-state index in [2.05, 4.69) is 15.5 Å². The van der Waals surface area contributed by atoms with Gasteiger partial charge in [-0.1, -0.05) is 28.9 Å². The summed E-state index contributed by atoms with van der Waals surface area (Å²) in [5.41, 5.74) is 1.89. The third-order valence-electron chi connectivity index (χ3n) is 3.96. The van der Waals surface area contributed by atoms with Crippen LogP contribution in [-0.2, 0) is 9.84 Å². The van der Waals surface area contributed by atoms with Gasteiger partial charge < -0.3 is 4.42 Å². The summed E-state index contributed by atoms with van der Waals surface area (Å²) in [5.74, 6) is -0.250. The lowest BCUT2D eigenvalue weighted by molar-refractivity contribution is 0.102. The van der Waals surface area contributed by atoms with Gasteiger partial charge in [-0.15, -0.1) is 5.10 Å². The maximum absolute atomic E-state index is 12.3. The van der Waals surface area contributed by atoms with Crippen LogP contribution in [0.2, 0.25) is 0 Å². The molecule has 0 atom stereocenters. The maximum Gasteiger partial charge on any atom is 0.322 e. The number of carbonyl (C=O) groups is 1. The summed E-state index contributed by atoms with van der Waals surface area (Å²) in [5, 5.41) is 9.70. The standard InChI is InChI=1S/C19H19N3O4S/c1-12(2)27(24,25)16-9-5-8-15(11-16)18-21-22-19(26-18)20-17(23)14-7-4-6-13(3)10-14/h4-12H,1-3H3,(H,20,22,23). The molecule has 0 spiro atoms. The molecule has 0 aliphatic carbocycles. The Labute approximate surface area is 157 Å². The van der Waals surface area contributed by atoms with Gasteiger partial charge in [0.05, 0.1) is 10.1 Å². The van der Waals surface area contributed by atoms with Gasteiger partial charge in [-0.2, -0.15) is 0 Å². The number of amides is 1. The molecule has 1 amide bonds. The summed E-state index contributed by atoms with van der Waals surface area (Å²) in [6, 6.07) is 13.3. The Balaban J connectivity index is 1.83. The molecule has 8 heteroatoms. The van der Waals surface area contributed by atoms with Crippen molar-refractivity contribution in [3.8, 4) is 11.5 Å². The van der Waals surface area contributed by atoms with Crippen molar-refractivity contribution in [1.29, 1.82) is 0 Å². The molecule has 27 heavy (non-hydrogen) atoms. The molecular weight excluding hydrogens is 366 g/mol.